The van der Waals surface area contributed by atoms with Crippen molar-refractivity contribution in [2.24, 2.45) is 4.99 Å². The average Bonchev–Trinajstić information content (AvgIpc) is 3.17. The monoisotopic (exact) mass is 504 g/mol. The molecule has 28 heavy (non-hydrogen) atoms. The highest BCUT2D eigenvalue weighted by Crippen LogP contribution is 2.19. The first-order valence-electron chi connectivity index (χ1n) is 9.65. The van der Waals surface area contributed by atoms with Crippen LogP contribution in [0.4, 0.5) is 0 Å². The van der Waals surface area contributed by atoms with Gasteiger partial charge in [0.2, 0.25) is 5.91 Å². The second-order valence-electron chi connectivity index (χ2n) is 6.79. The summed E-state index contributed by atoms with van der Waals surface area (Å²) >= 11 is 0. The molecule has 1 aromatic carbocycles. The predicted molar refractivity (Wildman–Crippen MR) is 123 cm³/mol. The van der Waals surface area contributed by atoms with Crippen molar-refractivity contribution < 1.29 is 14.3 Å². The molecule has 1 fully saturated rings. The molecular formula is C20H33IN4O3. The van der Waals surface area contributed by atoms with Crippen LogP contribution in [-0.2, 0) is 4.79 Å². The number of nitrogens with zero attached hydrogens (tertiary/aromatic N) is 1. The molecule has 2 rings (SSSR count). The Morgan fingerprint density at radius 3 is 2.64 bits per heavy atom. The molecule has 3 N–H and O–H groups in total. The number of hydrogen-bond donors (Lipinski definition) is 3. The quantitative estimate of drug-likeness (QED) is 0.274. The maximum atomic E-state index is 11.9. The number of carbonyl (C=O) groups excluding carboxylic acids is 1. The highest BCUT2D eigenvalue weighted by atomic mass is 127. The Bertz CT molecular complexity index is 621. The highest BCUT2D eigenvalue weighted by Gasteiger charge is 2.16. The van der Waals surface area contributed by atoms with Crippen molar-refractivity contribution in [2.75, 3.05) is 27.2 Å². The number of hydrogen-bond acceptors (Lipinski definition) is 4. The molecule has 0 spiro atoms. The van der Waals surface area contributed by atoms with Crippen LogP contribution in [0.25, 0.3) is 0 Å². The van der Waals surface area contributed by atoms with Crippen LogP contribution in [0.15, 0.2) is 29.3 Å². The van der Waals surface area contributed by atoms with E-state index in [9.17, 15) is 4.79 Å². The van der Waals surface area contributed by atoms with Crippen LogP contribution < -0.4 is 25.4 Å². The van der Waals surface area contributed by atoms with Gasteiger partial charge in [-0.25, -0.2) is 0 Å². The molecule has 1 aliphatic carbocycles. The van der Waals surface area contributed by atoms with Crippen molar-refractivity contribution in [3.05, 3.63) is 24.3 Å². The van der Waals surface area contributed by atoms with E-state index < -0.39 is 0 Å². The van der Waals surface area contributed by atoms with Gasteiger partial charge in [0, 0.05) is 32.1 Å². The lowest BCUT2D eigenvalue weighted by Crippen LogP contribution is -2.43. The molecule has 1 amide bonds. The van der Waals surface area contributed by atoms with Crippen molar-refractivity contribution >= 4 is 35.8 Å². The number of methoxy groups -OCH3 is 1. The van der Waals surface area contributed by atoms with Gasteiger partial charge in [0.15, 0.2) is 5.96 Å². The number of halogens is 1. The molecule has 158 valence electrons. The molecule has 1 saturated carbocycles. The number of carbonyl (C=O) groups is 1. The Balaban J connectivity index is 0.00000392. The fourth-order valence-corrected chi connectivity index (χ4v) is 3.07. The Kier molecular flexibility index (Phi) is 11.7. The fraction of sp³-hybridized carbons (Fsp3) is 0.600. The van der Waals surface area contributed by atoms with Gasteiger partial charge < -0.3 is 25.4 Å². The molecule has 0 saturated heterocycles. The Hall–Kier alpha value is -1.71. The van der Waals surface area contributed by atoms with E-state index in [1.54, 1.807) is 14.2 Å². The molecular weight excluding hydrogens is 471 g/mol. The molecule has 1 unspecified atom stereocenters. The smallest absolute Gasteiger partial charge is 0.221 e. The van der Waals surface area contributed by atoms with Gasteiger partial charge in [-0.15, -0.1) is 24.0 Å². The van der Waals surface area contributed by atoms with Gasteiger partial charge in [0.25, 0.3) is 0 Å². The second kappa shape index (κ2) is 13.5. The summed E-state index contributed by atoms with van der Waals surface area (Å²) in [7, 11) is 3.34. The standard InChI is InChI=1S/C20H32N4O3.HI/c1-15(27-18-10-6-9-17(13-18)26-3)14-23-20(21-2)22-12-11-19(25)24-16-7-4-5-8-16;/h6,9-10,13,15-16H,4-5,7-8,11-12,14H2,1-3H3,(H,24,25)(H2,21,22,23);1H. The average molecular weight is 504 g/mol. The number of guanidine groups is 1. The lowest BCUT2D eigenvalue weighted by Gasteiger charge is -2.18. The molecule has 1 aliphatic rings. The highest BCUT2D eigenvalue weighted by molar-refractivity contribution is 14.0. The van der Waals surface area contributed by atoms with Crippen LogP contribution in [0.2, 0.25) is 0 Å². The third-order valence-corrected chi connectivity index (χ3v) is 4.52. The maximum Gasteiger partial charge on any atom is 0.221 e. The minimum absolute atomic E-state index is 0. The number of ether oxygens (including phenoxy) is 2. The zero-order valence-corrected chi connectivity index (χ0v) is 19.3. The minimum Gasteiger partial charge on any atom is -0.497 e. The Labute approximate surface area is 185 Å². The first kappa shape index (κ1) is 24.3. The first-order valence-corrected chi connectivity index (χ1v) is 9.65. The van der Waals surface area contributed by atoms with Crippen LogP contribution in [-0.4, -0.2) is 51.3 Å². The first-order chi connectivity index (χ1) is 13.1. The number of rotatable bonds is 9. The summed E-state index contributed by atoms with van der Waals surface area (Å²) in [4.78, 5) is 16.1. The van der Waals surface area contributed by atoms with Crippen LogP contribution >= 0.6 is 24.0 Å². The number of benzene rings is 1. The van der Waals surface area contributed by atoms with Gasteiger partial charge >= 0.3 is 0 Å². The van der Waals surface area contributed by atoms with Crippen LogP contribution in [0, 0.1) is 0 Å². The summed E-state index contributed by atoms with van der Waals surface area (Å²) in [5.41, 5.74) is 0. The zero-order chi connectivity index (χ0) is 19.5. The maximum absolute atomic E-state index is 11.9. The SMILES string of the molecule is CN=C(NCCC(=O)NC1CCCC1)NCC(C)Oc1cccc(OC)c1.I. The predicted octanol–water partition coefficient (Wildman–Crippen LogP) is 2.69. The van der Waals surface area contributed by atoms with E-state index in [1.165, 1.54) is 12.8 Å². The van der Waals surface area contributed by atoms with E-state index in [0.717, 1.165) is 24.3 Å². The van der Waals surface area contributed by atoms with Crippen molar-refractivity contribution in [3.8, 4) is 11.5 Å². The number of nitrogens with one attached hydrogen (secondary N) is 3. The van der Waals surface area contributed by atoms with E-state index in [-0.39, 0.29) is 36.0 Å². The summed E-state index contributed by atoms with van der Waals surface area (Å²) in [5.74, 6) is 2.28. The van der Waals surface area contributed by atoms with Crippen molar-refractivity contribution in [1.29, 1.82) is 0 Å². The Morgan fingerprint density at radius 2 is 1.96 bits per heavy atom. The van der Waals surface area contributed by atoms with Gasteiger partial charge in [0.1, 0.15) is 17.6 Å². The molecule has 0 bridgehead atoms. The Morgan fingerprint density at radius 1 is 1.25 bits per heavy atom. The molecule has 1 atom stereocenters. The lowest BCUT2D eigenvalue weighted by atomic mass is 10.2. The molecule has 0 radical (unpaired) electrons. The fourth-order valence-electron chi connectivity index (χ4n) is 3.07. The van der Waals surface area contributed by atoms with Gasteiger partial charge in [-0.3, -0.25) is 9.79 Å². The topological polar surface area (TPSA) is 84.0 Å². The number of amides is 1. The largest absolute Gasteiger partial charge is 0.497 e. The zero-order valence-electron chi connectivity index (χ0n) is 17.0. The van der Waals surface area contributed by atoms with Crippen LogP contribution in [0.5, 0.6) is 11.5 Å². The summed E-state index contributed by atoms with van der Waals surface area (Å²) in [5, 5.41) is 9.47. The molecule has 1 aromatic rings. The molecule has 0 heterocycles. The summed E-state index contributed by atoms with van der Waals surface area (Å²) < 4.78 is 11.1. The van der Waals surface area contributed by atoms with Crippen molar-refractivity contribution in [2.45, 2.75) is 51.2 Å². The van der Waals surface area contributed by atoms with Crippen LogP contribution in [0.3, 0.4) is 0 Å². The van der Waals surface area contributed by atoms with Gasteiger partial charge in [0.05, 0.1) is 13.7 Å². The third-order valence-electron chi connectivity index (χ3n) is 4.52. The summed E-state index contributed by atoms with van der Waals surface area (Å²) in [6.07, 6.45) is 5.03. The van der Waals surface area contributed by atoms with Gasteiger partial charge in [-0.2, -0.15) is 0 Å². The van der Waals surface area contributed by atoms with Gasteiger partial charge in [-0.05, 0) is 31.9 Å². The van der Waals surface area contributed by atoms with Crippen molar-refractivity contribution in [3.63, 3.8) is 0 Å². The molecule has 8 heteroatoms. The third kappa shape index (κ3) is 8.99. The molecule has 0 aromatic heterocycles. The van der Waals surface area contributed by atoms with E-state index in [0.29, 0.717) is 31.5 Å². The van der Waals surface area contributed by atoms with Gasteiger partial charge in [-0.1, -0.05) is 18.9 Å². The summed E-state index contributed by atoms with van der Waals surface area (Å²) in [6.45, 7) is 3.11. The van der Waals surface area contributed by atoms with E-state index in [1.807, 2.05) is 31.2 Å². The number of aliphatic imine (C=N–C) groups is 1. The van der Waals surface area contributed by atoms with Crippen molar-refractivity contribution in [1.82, 2.24) is 16.0 Å². The second-order valence-corrected chi connectivity index (χ2v) is 6.79. The van der Waals surface area contributed by atoms with E-state index in [2.05, 4.69) is 20.9 Å². The minimum atomic E-state index is -0.0543. The lowest BCUT2D eigenvalue weighted by molar-refractivity contribution is -0.121. The normalized spacial score (nSPS) is 15.3. The van der Waals surface area contributed by atoms with Crippen LogP contribution in [0.1, 0.15) is 39.0 Å². The molecule has 0 aliphatic heterocycles. The van der Waals surface area contributed by atoms with E-state index >= 15 is 0 Å². The molecule has 7 nitrogen and oxygen atoms in total. The van der Waals surface area contributed by atoms with E-state index in [4.69, 9.17) is 9.47 Å². The summed E-state index contributed by atoms with van der Waals surface area (Å²) in [6, 6.07) is 7.89.